The molecule has 1 fully saturated rings. The van der Waals surface area contributed by atoms with Gasteiger partial charge >= 0.3 is 0 Å². The van der Waals surface area contributed by atoms with E-state index in [2.05, 4.69) is 10.6 Å². The van der Waals surface area contributed by atoms with Crippen molar-refractivity contribution in [1.29, 1.82) is 0 Å². The number of hydrogen-bond acceptors (Lipinski definition) is 4. The van der Waals surface area contributed by atoms with Crippen molar-refractivity contribution in [3.05, 3.63) is 53.8 Å². The van der Waals surface area contributed by atoms with Crippen LogP contribution >= 0.6 is 0 Å². The van der Waals surface area contributed by atoms with Crippen molar-refractivity contribution in [3.8, 4) is 0 Å². The number of carbonyl (C=O) groups excluding carboxylic acids is 2. The number of nitrogens with one attached hydrogen (secondary N) is 2. The summed E-state index contributed by atoms with van der Waals surface area (Å²) < 4.78 is 41.2. The van der Waals surface area contributed by atoms with Gasteiger partial charge in [-0.3, -0.25) is 9.59 Å². The Morgan fingerprint density at radius 2 is 1.57 bits per heavy atom. The van der Waals surface area contributed by atoms with E-state index in [4.69, 9.17) is 0 Å². The second kappa shape index (κ2) is 9.36. The van der Waals surface area contributed by atoms with Crippen molar-refractivity contribution < 1.29 is 22.4 Å². The van der Waals surface area contributed by atoms with E-state index in [0.29, 0.717) is 18.8 Å². The van der Waals surface area contributed by atoms with Crippen LogP contribution < -0.4 is 10.6 Å². The molecule has 1 saturated heterocycles. The molecule has 0 atom stereocenters. The standard InChI is InChI=1S/C21H24FN3O4S/c1-15(26)23-17-8-11-19(22)20(14-17)24-21(27)16-6-9-18(10-7-16)30(28,29)25-12-4-2-3-5-13-25/h6-11,14H,2-5,12-13H2,1H3,(H,23,26)(H,24,27). The van der Waals surface area contributed by atoms with Gasteiger partial charge in [-0.25, -0.2) is 12.8 Å². The smallest absolute Gasteiger partial charge is 0.255 e. The van der Waals surface area contributed by atoms with Crippen molar-refractivity contribution in [2.24, 2.45) is 0 Å². The maximum Gasteiger partial charge on any atom is 0.255 e. The Labute approximate surface area is 175 Å². The van der Waals surface area contributed by atoms with Gasteiger partial charge in [0.2, 0.25) is 15.9 Å². The van der Waals surface area contributed by atoms with Crippen molar-refractivity contribution in [2.45, 2.75) is 37.5 Å². The molecule has 0 unspecified atom stereocenters. The van der Waals surface area contributed by atoms with Crippen molar-refractivity contribution in [3.63, 3.8) is 0 Å². The van der Waals surface area contributed by atoms with Crippen LogP contribution in [0.2, 0.25) is 0 Å². The number of sulfonamides is 1. The van der Waals surface area contributed by atoms with Crippen molar-refractivity contribution in [1.82, 2.24) is 4.31 Å². The van der Waals surface area contributed by atoms with Gasteiger partial charge in [0.25, 0.3) is 5.91 Å². The zero-order chi connectivity index (χ0) is 21.7. The number of rotatable bonds is 5. The van der Waals surface area contributed by atoms with Gasteiger partial charge in [0.1, 0.15) is 5.82 Å². The summed E-state index contributed by atoms with van der Waals surface area (Å²) in [5.74, 6) is -1.56. The van der Waals surface area contributed by atoms with Crippen molar-refractivity contribution in [2.75, 3.05) is 23.7 Å². The number of anilines is 2. The summed E-state index contributed by atoms with van der Waals surface area (Å²) in [6.45, 7) is 2.31. The fraction of sp³-hybridized carbons (Fsp3) is 0.333. The third-order valence-electron chi connectivity index (χ3n) is 4.85. The number of amides is 2. The van der Waals surface area contributed by atoms with Crippen LogP contribution in [0, 0.1) is 5.82 Å². The molecule has 160 valence electrons. The molecule has 3 rings (SSSR count). The summed E-state index contributed by atoms with van der Waals surface area (Å²) in [7, 11) is -3.61. The highest BCUT2D eigenvalue weighted by Gasteiger charge is 2.25. The normalized spacial score (nSPS) is 15.3. The molecule has 0 spiro atoms. The highest BCUT2D eigenvalue weighted by atomic mass is 32.2. The summed E-state index contributed by atoms with van der Waals surface area (Å²) in [5, 5.41) is 4.96. The van der Waals surface area contributed by atoms with Gasteiger partial charge in [0.05, 0.1) is 10.6 Å². The summed E-state index contributed by atoms with van der Waals surface area (Å²) in [6, 6.07) is 9.41. The molecular weight excluding hydrogens is 409 g/mol. The Hall–Kier alpha value is -2.78. The molecule has 0 aromatic heterocycles. The van der Waals surface area contributed by atoms with Crippen LogP contribution in [0.25, 0.3) is 0 Å². The predicted molar refractivity (Wildman–Crippen MR) is 112 cm³/mol. The Morgan fingerprint density at radius 1 is 0.933 bits per heavy atom. The minimum atomic E-state index is -3.61. The van der Waals surface area contributed by atoms with E-state index in [9.17, 15) is 22.4 Å². The first-order chi connectivity index (χ1) is 14.3. The zero-order valence-corrected chi connectivity index (χ0v) is 17.5. The molecule has 2 amide bonds. The summed E-state index contributed by atoms with van der Waals surface area (Å²) in [4.78, 5) is 23.8. The van der Waals surface area contributed by atoms with Gasteiger partial charge in [0.15, 0.2) is 0 Å². The number of carbonyl (C=O) groups is 2. The first-order valence-corrected chi connectivity index (χ1v) is 11.2. The summed E-state index contributed by atoms with van der Waals surface area (Å²) >= 11 is 0. The van der Waals surface area contributed by atoms with E-state index in [-0.39, 0.29) is 22.1 Å². The van der Waals surface area contributed by atoms with Crippen molar-refractivity contribution >= 4 is 33.2 Å². The predicted octanol–water partition coefficient (Wildman–Crippen LogP) is 3.60. The highest BCUT2D eigenvalue weighted by Crippen LogP contribution is 2.23. The number of hydrogen-bond donors (Lipinski definition) is 2. The second-order valence-corrected chi connectivity index (χ2v) is 9.11. The first-order valence-electron chi connectivity index (χ1n) is 9.76. The number of nitrogens with zero attached hydrogens (tertiary/aromatic N) is 1. The lowest BCUT2D eigenvalue weighted by Crippen LogP contribution is -2.31. The van der Waals surface area contributed by atoms with E-state index in [0.717, 1.165) is 31.7 Å². The maximum atomic E-state index is 14.0. The van der Waals surface area contributed by atoms with E-state index in [1.54, 1.807) is 0 Å². The lowest BCUT2D eigenvalue weighted by Gasteiger charge is -2.20. The minimum Gasteiger partial charge on any atom is -0.326 e. The van der Waals surface area contributed by atoms with Crippen LogP contribution in [-0.2, 0) is 14.8 Å². The highest BCUT2D eigenvalue weighted by molar-refractivity contribution is 7.89. The van der Waals surface area contributed by atoms with Gasteiger partial charge in [-0.05, 0) is 55.3 Å². The van der Waals surface area contributed by atoms with Gasteiger partial charge in [0, 0.05) is 31.3 Å². The molecule has 0 radical (unpaired) electrons. The van der Waals surface area contributed by atoms with Gasteiger partial charge in [-0.2, -0.15) is 4.31 Å². The van der Waals surface area contributed by atoms with Gasteiger partial charge in [-0.15, -0.1) is 0 Å². The molecule has 30 heavy (non-hydrogen) atoms. The average molecular weight is 434 g/mol. The molecule has 9 heteroatoms. The Bertz CT molecular complexity index is 1030. The van der Waals surface area contributed by atoms with E-state index in [1.807, 2.05) is 0 Å². The zero-order valence-electron chi connectivity index (χ0n) is 16.7. The van der Waals surface area contributed by atoms with Crippen LogP contribution in [0.3, 0.4) is 0 Å². The minimum absolute atomic E-state index is 0.0903. The lowest BCUT2D eigenvalue weighted by atomic mass is 10.2. The lowest BCUT2D eigenvalue weighted by molar-refractivity contribution is -0.114. The number of benzene rings is 2. The fourth-order valence-corrected chi connectivity index (χ4v) is 4.82. The van der Waals surface area contributed by atoms with E-state index < -0.39 is 21.7 Å². The second-order valence-electron chi connectivity index (χ2n) is 7.17. The SMILES string of the molecule is CC(=O)Nc1ccc(F)c(NC(=O)c2ccc(S(=O)(=O)N3CCCCCC3)cc2)c1. The first kappa shape index (κ1) is 21.9. The van der Waals surface area contributed by atoms with Crippen LogP contribution in [0.1, 0.15) is 43.0 Å². The summed E-state index contributed by atoms with van der Waals surface area (Å²) in [5.41, 5.74) is 0.444. The molecular formula is C21H24FN3O4S. The maximum absolute atomic E-state index is 14.0. The van der Waals surface area contributed by atoms with E-state index >= 15 is 0 Å². The largest absolute Gasteiger partial charge is 0.326 e. The fourth-order valence-electron chi connectivity index (χ4n) is 3.31. The van der Waals surface area contributed by atoms with Gasteiger partial charge in [-0.1, -0.05) is 12.8 Å². The molecule has 2 aromatic carbocycles. The Morgan fingerprint density at radius 3 is 2.17 bits per heavy atom. The third kappa shape index (κ3) is 5.22. The quantitative estimate of drug-likeness (QED) is 0.753. The van der Waals surface area contributed by atoms with E-state index in [1.165, 1.54) is 47.6 Å². The van der Waals surface area contributed by atoms with Crippen LogP contribution in [-0.4, -0.2) is 37.6 Å². The monoisotopic (exact) mass is 433 g/mol. The van der Waals surface area contributed by atoms with Gasteiger partial charge < -0.3 is 10.6 Å². The average Bonchev–Trinajstić information content (AvgIpc) is 3.00. The van der Waals surface area contributed by atoms with Crippen LogP contribution in [0.15, 0.2) is 47.4 Å². The molecule has 1 heterocycles. The molecule has 1 aliphatic rings. The topological polar surface area (TPSA) is 95.6 Å². The van der Waals surface area contributed by atoms with Crippen LogP contribution in [0.5, 0.6) is 0 Å². The molecule has 2 N–H and O–H groups in total. The summed E-state index contributed by atoms with van der Waals surface area (Å²) in [6.07, 6.45) is 3.71. The Kier molecular flexibility index (Phi) is 6.84. The molecule has 2 aromatic rings. The van der Waals surface area contributed by atoms with Crippen LogP contribution in [0.4, 0.5) is 15.8 Å². The molecule has 0 bridgehead atoms. The Balaban J connectivity index is 1.75. The third-order valence-corrected chi connectivity index (χ3v) is 6.77. The molecule has 0 aliphatic carbocycles. The molecule has 7 nitrogen and oxygen atoms in total. The molecule has 1 aliphatic heterocycles. The number of halogens is 1. The molecule has 0 saturated carbocycles.